The van der Waals surface area contributed by atoms with Gasteiger partial charge < -0.3 is 19.7 Å². The predicted octanol–water partition coefficient (Wildman–Crippen LogP) is 5.98. The van der Waals surface area contributed by atoms with Gasteiger partial charge in [-0.2, -0.15) is 0 Å². The Morgan fingerprint density at radius 2 is 1.50 bits per heavy atom. The normalized spacial score (nSPS) is 11.8. The molecule has 0 heterocycles. The van der Waals surface area contributed by atoms with E-state index >= 15 is 0 Å². The van der Waals surface area contributed by atoms with Gasteiger partial charge in [0.15, 0.2) is 11.5 Å². The first-order valence-electron chi connectivity index (χ1n) is 14.4. The van der Waals surface area contributed by atoms with Crippen molar-refractivity contribution >= 4 is 50.7 Å². The van der Waals surface area contributed by atoms with Crippen molar-refractivity contribution in [2.24, 2.45) is 0 Å². The lowest BCUT2D eigenvalue weighted by Gasteiger charge is -2.34. The van der Waals surface area contributed by atoms with E-state index in [0.29, 0.717) is 27.9 Å². The number of carbonyl (C=O) groups is 2. The highest BCUT2D eigenvalue weighted by atomic mass is 35.5. The maximum absolute atomic E-state index is 14.5. The Balaban J connectivity index is 1.84. The molecule has 0 bridgehead atoms. The van der Waals surface area contributed by atoms with Crippen LogP contribution in [0.2, 0.25) is 10.0 Å². The van der Waals surface area contributed by atoms with E-state index in [1.807, 2.05) is 30.3 Å². The fourth-order valence-electron chi connectivity index (χ4n) is 4.91. The molecule has 4 rings (SSSR count). The number of carbonyl (C=O) groups excluding carboxylic acids is 2. The molecule has 0 saturated heterocycles. The third-order valence-corrected chi connectivity index (χ3v) is 9.62. The van der Waals surface area contributed by atoms with Crippen LogP contribution >= 0.6 is 23.2 Å². The van der Waals surface area contributed by atoms with Gasteiger partial charge in [0.25, 0.3) is 10.0 Å². The van der Waals surface area contributed by atoms with Gasteiger partial charge in [0, 0.05) is 35.6 Å². The molecule has 0 saturated carbocycles. The summed E-state index contributed by atoms with van der Waals surface area (Å²) in [6.07, 6.45) is 0.172. The van der Waals surface area contributed by atoms with Crippen molar-refractivity contribution in [3.63, 3.8) is 0 Å². The molecule has 2 amide bonds. The molecule has 4 aromatic rings. The number of rotatable bonds is 14. The van der Waals surface area contributed by atoms with Gasteiger partial charge in [-0.1, -0.05) is 77.8 Å². The lowest BCUT2D eigenvalue weighted by atomic mass is 10.0. The van der Waals surface area contributed by atoms with Crippen LogP contribution in [-0.4, -0.2) is 58.5 Å². The summed E-state index contributed by atoms with van der Waals surface area (Å²) in [4.78, 5) is 29.5. The van der Waals surface area contributed by atoms with Crippen LogP contribution in [0.4, 0.5) is 5.69 Å². The minimum absolute atomic E-state index is 0.0190. The minimum atomic E-state index is -4.28. The summed E-state index contributed by atoms with van der Waals surface area (Å²) >= 11 is 12.7. The lowest BCUT2D eigenvalue weighted by molar-refractivity contribution is -0.140. The van der Waals surface area contributed by atoms with Gasteiger partial charge in [0.1, 0.15) is 12.6 Å². The molecule has 4 aromatic carbocycles. The smallest absolute Gasteiger partial charge is 0.264 e. The maximum atomic E-state index is 14.5. The van der Waals surface area contributed by atoms with Gasteiger partial charge in [-0.05, 0) is 54.4 Å². The zero-order valence-electron chi connectivity index (χ0n) is 25.7. The second-order valence-electron chi connectivity index (χ2n) is 10.2. The van der Waals surface area contributed by atoms with Gasteiger partial charge in [-0.3, -0.25) is 13.9 Å². The van der Waals surface area contributed by atoms with Crippen LogP contribution in [0.15, 0.2) is 102 Å². The second-order valence-corrected chi connectivity index (χ2v) is 12.9. The van der Waals surface area contributed by atoms with Crippen molar-refractivity contribution in [3.8, 4) is 11.5 Å². The summed E-state index contributed by atoms with van der Waals surface area (Å²) in [6.45, 7) is 1.39. The fraction of sp³-hybridized carbons (Fsp3) is 0.235. The molecular weight excluding hydrogens is 649 g/mol. The molecule has 0 aliphatic heterocycles. The van der Waals surface area contributed by atoms with Crippen LogP contribution in [0.5, 0.6) is 11.5 Å². The summed E-state index contributed by atoms with van der Waals surface area (Å²) in [5.41, 5.74) is 1.51. The molecule has 46 heavy (non-hydrogen) atoms. The topological polar surface area (TPSA) is 105 Å². The third kappa shape index (κ3) is 8.31. The molecule has 0 radical (unpaired) electrons. The molecule has 0 aliphatic carbocycles. The summed E-state index contributed by atoms with van der Waals surface area (Å²) < 4.78 is 40.1. The predicted molar refractivity (Wildman–Crippen MR) is 180 cm³/mol. The van der Waals surface area contributed by atoms with Crippen LogP contribution in [0.3, 0.4) is 0 Å². The molecule has 9 nitrogen and oxygen atoms in total. The average molecular weight is 685 g/mol. The number of methoxy groups -OCH3 is 2. The quantitative estimate of drug-likeness (QED) is 0.175. The minimum Gasteiger partial charge on any atom is -0.493 e. The summed E-state index contributed by atoms with van der Waals surface area (Å²) in [6, 6.07) is 25.5. The number of amides is 2. The molecule has 0 spiro atoms. The van der Waals surface area contributed by atoms with Gasteiger partial charge >= 0.3 is 0 Å². The number of hydrogen-bond donors (Lipinski definition) is 1. The monoisotopic (exact) mass is 683 g/mol. The number of halogens is 2. The van der Waals surface area contributed by atoms with Crippen LogP contribution in [0, 0.1) is 0 Å². The van der Waals surface area contributed by atoms with Crippen molar-refractivity contribution in [3.05, 3.63) is 118 Å². The molecule has 12 heteroatoms. The van der Waals surface area contributed by atoms with E-state index in [0.717, 1.165) is 9.87 Å². The van der Waals surface area contributed by atoms with E-state index in [1.54, 1.807) is 49.4 Å². The SMILES string of the molecule is CCNC(=O)[C@@H](Cc1ccccc1)N(Cc1ccc(Cl)cc1Cl)C(=O)CN(c1ccc(OC)c(OC)c1)S(=O)(=O)c1ccccc1. The number of benzene rings is 4. The van der Waals surface area contributed by atoms with E-state index in [1.165, 1.54) is 43.4 Å². The van der Waals surface area contributed by atoms with Crippen LogP contribution < -0.4 is 19.1 Å². The largest absolute Gasteiger partial charge is 0.493 e. The van der Waals surface area contributed by atoms with Crippen LogP contribution in [0.1, 0.15) is 18.1 Å². The van der Waals surface area contributed by atoms with Crippen LogP contribution in [0.25, 0.3) is 0 Å². The Labute approximate surface area is 279 Å². The van der Waals surface area contributed by atoms with Gasteiger partial charge in [0.2, 0.25) is 11.8 Å². The Kier molecular flexibility index (Phi) is 11.9. The molecule has 1 N–H and O–H groups in total. The number of anilines is 1. The number of likely N-dealkylation sites (N-methyl/N-ethyl adjacent to an activating group) is 1. The highest BCUT2D eigenvalue weighted by molar-refractivity contribution is 7.92. The lowest BCUT2D eigenvalue weighted by Crippen LogP contribution is -2.53. The van der Waals surface area contributed by atoms with Gasteiger partial charge in [-0.15, -0.1) is 0 Å². The van der Waals surface area contributed by atoms with E-state index in [4.69, 9.17) is 32.7 Å². The van der Waals surface area contributed by atoms with Crippen molar-refractivity contribution in [1.29, 1.82) is 0 Å². The van der Waals surface area contributed by atoms with Gasteiger partial charge in [0.05, 0.1) is 24.8 Å². The fourth-order valence-corrected chi connectivity index (χ4v) is 6.80. The van der Waals surface area contributed by atoms with Crippen LogP contribution in [-0.2, 0) is 32.6 Å². The first-order valence-corrected chi connectivity index (χ1v) is 16.6. The summed E-state index contributed by atoms with van der Waals surface area (Å²) in [5, 5.41) is 3.54. The van der Waals surface area contributed by atoms with E-state index < -0.39 is 34.4 Å². The molecule has 0 unspecified atom stereocenters. The summed E-state index contributed by atoms with van der Waals surface area (Å²) in [7, 11) is -1.39. The molecule has 1 atom stereocenters. The first-order chi connectivity index (χ1) is 22.1. The highest BCUT2D eigenvalue weighted by Crippen LogP contribution is 2.34. The zero-order valence-corrected chi connectivity index (χ0v) is 28.0. The Hall–Kier alpha value is -4.25. The molecule has 0 aliphatic rings. The van der Waals surface area contributed by atoms with Crippen molar-refractivity contribution < 1.29 is 27.5 Å². The standard InChI is InChI=1S/C34H35Cl2N3O6S/c1-4-37-34(41)30(19-24-11-7-5-8-12-24)38(22-25-15-16-26(35)20-29(25)36)33(40)23-39(46(42,43)28-13-9-6-10-14-28)27-17-18-31(44-2)32(21-27)45-3/h5-18,20-21,30H,4,19,22-23H2,1-3H3,(H,37,41)/t30-/m1/s1. The van der Waals surface area contributed by atoms with E-state index in [2.05, 4.69) is 5.32 Å². The average Bonchev–Trinajstić information content (AvgIpc) is 3.06. The van der Waals surface area contributed by atoms with Crippen molar-refractivity contribution in [2.45, 2.75) is 30.8 Å². The number of sulfonamides is 1. The molecule has 0 aromatic heterocycles. The van der Waals surface area contributed by atoms with Gasteiger partial charge in [-0.25, -0.2) is 8.42 Å². The number of nitrogens with zero attached hydrogens (tertiary/aromatic N) is 2. The highest BCUT2D eigenvalue weighted by Gasteiger charge is 2.35. The van der Waals surface area contributed by atoms with Crippen molar-refractivity contribution in [2.75, 3.05) is 31.6 Å². The Morgan fingerprint density at radius 1 is 0.848 bits per heavy atom. The summed E-state index contributed by atoms with van der Waals surface area (Å²) in [5.74, 6) is -0.372. The number of hydrogen-bond acceptors (Lipinski definition) is 6. The second kappa shape index (κ2) is 15.8. The number of ether oxygens (including phenoxy) is 2. The molecule has 0 fully saturated rings. The zero-order chi connectivity index (χ0) is 33.3. The number of nitrogens with one attached hydrogen (secondary N) is 1. The molecular formula is C34H35Cl2N3O6S. The maximum Gasteiger partial charge on any atom is 0.264 e. The third-order valence-electron chi connectivity index (χ3n) is 7.24. The Morgan fingerprint density at radius 3 is 2.11 bits per heavy atom. The van der Waals surface area contributed by atoms with Crippen molar-refractivity contribution in [1.82, 2.24) is 10.2 Å². The van der Waals surface area contributed by atoms with E-state index in [9.17, 15) is 18.0 Å². The van der Waals surface area contributed by atoms with E-state index in [-0.39, 0.29) is 29.3 Å². The first kappa shape index (κ1) is 34.6. The Bertz CT molecular complexity index is 1760. The molecule has 242 valence electrons.